The highest BCUT2D eigenvalue weighted by Crippen LogP contribution is 2.41. The molecule has 0 spiro atoms. The first kappa shape index (κ1) is 17.7. The molecule has 0 bridgehead atoms. The number of hydrogen-bond donors (Lipinski definition) is 0. The third-order valence-corrected chi connectivity index (χ3v) is 5.71. The summed E-state index contributed by atoms with van der Waals surface area (Å²) < 4.78 is 6.89. The van der Waals surface area contributed by atoms with Crippen LogP contribution in [0, 0.1) is 0 Å². The molecular formula is C23H26OSi. The lowest BCUT2D eigenvalue weighted by molar-refractivity contribution is 0.157. The van der Waals surface area contributed by atoms with Gasteiger partial charge in [0.15, 0.2) is 9.76 Å². The monoisotopic (exact) mass is 346 g/mol. The van der Waals surface area contributed by atoms with Gasteiger partial charge in [-0.2, -0.15) is 0 Å². The molecular weight excluding hydrogens is 320 g/mol. The SMILES string of the molecule is CC(C)(C)[SiH2]OC(c1ccccc1)(c1ccccc1)c1ccccc1. The lowest BCUT2D eigenvalue weighted by Crippen LogP contribution is -2.36. The van der Waals surface area contributed by atoms with Gasteiger partial charge in [0.25, 0.3) is 0 Å². The van der Waals surface area contributed by atoms with Gasteiger partial charge in [-0.3, -0.25) is 0 Å². The fourth-order valence-electron chi connectivity index (χ4n) is 3.09. The van der Waals surface area contributed by atoms with Crippen molar-refractivity contribution in [3.8, 4) is 0 Å². The Balaban J connectivity index is 2.24. The molecule has 3 aromatic rings. The van der Waals surface area contributed by atoms with E-state index in [0.29, 0.717) is 0 Å². The number of rotatable bonds is 5. The Bertz CT molecular complexity index is 680. The minimum Gasteiger partial charge on any atom is -0.406 e. The van der Waals surface area contributed by atoms with E-state index in [4.69, 9.17) is 4.43 Å². The maximum atomic E-state index is 6.89. The van der Waals surface area contributed by atoms with Crippen LogP contribution in [0.5, 0.6) is 0 Å². The fraction of sp³-hybridized carbons (Fsp3) is 0.217. The zero-order valence-corrected chi connectivity index (χ0v) is 16.7. The van der Waals surface area contributed by atoms with E-state index in [-0.39, 0.29) is 5.04 Å². The first-order valence-electron chi connectivity index (χ1n) is 8.83. The van der Waals surface area contributed by atoms with Crippen molar-refractivity contribution in [3.63, 3.8) is 0 Å². The van der Waals surface area contributed by atoms with E-state index < -0.39 is 15.4 Å². The van der Waals surface area contributed by atoms with Crippen molar-refractivity contribution in [1.29, 1.82) is 0 Å². The molecule has 0 fully saturated rings. The first-order chi connectivity index (χ1) is 12.0. The molecule has 0 atom stereocenters. The molecule has 0 radical (unpaired) electrons. The van der Waals surface area contributed by atoms with Gasteiger partial charge in [0, 0.05) is 0 Å². The smallest absolute Gasteiger partial charge is 0.169 e. The van der Waals surface area contributed by atoms with Crippen LogP contribution < -0.4 is 0 Å². The van der Waals surface area contributed by atoms with Crippen molar-refractivity contribution >= 4 is 9.76 Å². The molecule has 0 saturated carbocycles. The topological polar surface area (TPSA) is 9.23 Å². The summed E-state index contributed by atoms with van der Waals surface area (Å²) >= 11 is 0. The van der Waals surface area contributed by atoms with E-state index >= 15 is 0 Å². The second-order valence-electron chi connectivity index (χ2n) is 7.63. The van der Waals surface area contributed by atoms with Crippen molar-refractivity contribution < 1.29 is 4.43 Å². The van der Waals surface area contributed by atoms with Gasteiger partial charge in [0.05, 0.1) is 0 Å². The molecule has 0 saturated heterocycles. The lowest BCUT2D eigenvalue weighted by Gasteiger charge is -2.38. The predicted molar refractivity (Wildman–Crippen MR) is 109 cm³/mol. The molecule has 0 amide bonds. The van der Waals surface area contributed by atoms with Crippen LogP contribution in [0.2, 0.25) is 5.04 Å². The van der Waals surface area contributed by atoms with Gasteiger partial charge in [-0.15, -0.1) is 0 Å². The Labute approximate surface area is 153 Å². The van der Waals surface area contributed by atoms with Crippen LogP contribution in [0.3, 0.4) is 0 Å². The molecule has 25 heavy (non-hydrogen) atoms. The Morgan fingerprint density at radius 2 is 0.880 bits per heavy atom. The minimum absolute atomic E-state index is 0.212. The minimum atomic E-state index is -0.786. The molecule has 0 aliphatic rings. The van der Waals surface area contributed by atoms with E-state index in [1.807, 2.05) is 0 Å². The zero-order chi connectivity index (χ0) is 17.8. The van der Waals surface area contributed by atoms with E-state index in [1.54, 1.807) is 0 Å². The van der Waals surface area contributed by atoms with Gasteiger partial charge in [-0.25, -0.2) is 0 Å². The van der Waals surface area contributed by atoms with Crippen molar-refractivity contribution in [3.05, 3.63) is 108 Å². The summed E-state index contributed by atoms with van der Waals surface area (Å²) in [5.74, 6) is 0. The summed E-state index contributed by atoms with van der Waals surface area (Å²) in [6.07, 6.45) is 0. The van der Waals surface area contributed by atoms with Gasteiger partial charge in [0.2, 0.25) is 0 Å². The van der Waals surface area contributed by atoms with Crippen LogP contribution >= 0.6 is 0 Å². The summed E-state index contributed by atoms with van der Waals surface area (Å²) in [6.45, 7) is 6.81. The lowest BCUT2D eigenvalue weighted by atomic mass is 9.80. The Morgan fingerprint density at radius 1 is 0.560 bits per heavy atom. The second kappa shape index (κ2) is 7.38. The van der Waals surface area contributed by atoms with Crippen molar-refractivity contribution in [1.82, 2.24) is 0 Å². The molecule has 0 aliphatic carbocycles. The van der Waals surface area contributed by atoms with Crippen LogP contribution in [0.25, 0.3) is 0 Å². The number of hydrogen-bond acceptors (Lipinski definition) is 1. The quantitative estimate of drug-likeness (QED) is 0.450. The van der Waals surface area contributed by atoms with Crippen LogP contribution in [-0.2, 0) is 10.0 Å². The second-order valence-corrected chi connectivity index (χ2v) is 10.3. The van der Waals surface area contributed by atoms with Crippen LogP contribution in [0.1, 0.15) is 37.5 Å². The van der Waals surface area contributed by atoms with Crippen LogP contribution in [0.4, 0.5) is 0 Å². The van der Waals surface area contributed by atoms with Gasteiger partial charge < -0.3 is 4.43 Å². The zero-order valence-electron chi connectivity index (χ0n) is 15.3. The molecule has 0 N–H and O–H groups in total. The Morgan fingerprint density at radius 3 is 1.16 bits per heavy atom. The van der Waals surface area contributed by atoms with Gasteiger partial charge in [-0.1, -0.05) is 112 Å². The molecule has 0 unspecified atom stereocenters. The van der Waals surface area contributed by atoms with Gasteiger partial charge in [0.1, 0.15) is 5.60 Å². The molecule has 0 heterocycles. The standard InChI is InChI=1S/C23H26OSi/c1-22(2,3)25-24-23(19-13-7-4-8-14-19,20-15-9-5-10-16-20)21-17-11-6-12-18-21/h4-18H,25H2,1-3H3. The third-order valence-electron chi connectivity index (χ3n) is 4.26. The Kier molecular flexibility index (Phi) is 5.21. The fourth-order valence-corrected chi connectivity index (χ4v) is 4.24. The van der Waals surface area contributed by atoms with E-state index in [9.17, 15) is 0 Å². The molecule has 3 rings (SSSR count). The molecule has 2 heteroatoms. The summed E-state index contributed by atoms with van der Waals surface area (Å²) in [6, 6.07) is 31.8. The molecule has 3 aromatic carbocycles. The third kappa shape index (κ3) is 3.92. The van der Waals surface area contributed by atoms with Gasteiger partial charge in [-0.05, 0) is 21.7 Å². The molecule has 0 aromatic heterocycles. The van der Waals surface area contributed by atoms with Crippen LogP contribution in [0.15, 0.2) is 91.0 Å². The molecule has 128 valence electrons. The maximum absolute atomic E-state index is 6.89. The largest absolute Gasteiger partial charge is 0.406 e. The van der Waals surface area contributed by atoms with E-state index in [2.05, 4.69) is 112 Å². The highest BCUT2D eigenvalue weighted by Gasteiger charge is 2.38. The summed E-state index contributed by atoms with van der Waals surface area (Å²) in [4.78, 5) is 0. The summed E-state index contributed by atoms with van der Waals surface area (Å²) in [5, 5.41) is 0.212. The summed E-state index contributed by atoms with van der Waals surface area (Å²) in [7, 11) is -0.786. The average Bonchev–Trinajstić information content (AvgIpc) is 2.64. The first-order valence-corrected chi connectivity index (χ1v) is 10.1. The molecule has 0 aliphatic heterocycles. The van der Waals surface area contributed by atoms with Gasteiger partial charge >= 0.3 is 0 Å². The summed E-state index contributed by atoms with van der Waals surface area (Å²) in [5.41, 5.74) is 3.00. The molecule has 1 nitrogen and oxygen atoms in total. The number of benzene rings is 3. The van der Waals surface area contributed by atoms with Crippen molar-refractivity contribution in [2.24, 2.45) is 0 Å². The van der Waals surface area contributed by atoms with Crippen molar-refractivity contribution in [2.45, 2.75) is 31.4 Å². The van der Waals surface area contributed by atoms with E-state index in [0.717, 1.165) is 0 Å². The highest BCUT2D eigenvalue weighted by atomic mass is 28.2. The highest BCUT2D eigenvalue weighted by molar-refractivity contribution is 6.32. The maximum Gasteiger partial charge on any atom is 0.169 e. The van der Waals surface area contributed by atoms with Crippen molar-refractivity contribution in [2.75, 3.05) is 0 Å². The van der Waals surface area contributed by atoms with E-state index in [1.165, 1.54) is 16.7 Å². The van der Waals surface area contributed by atoms with Crippen LogP contribution in [-0.4, -0.2) is 9.76 Å². The Hall–Kier alpha value is -2.16. The normalized spacial score (nSPS) is 12.6. The average molecular weight is 347 g/mol. The predicted octanol–water partition coefficient (Wildman–Crippen LogP) is 5.30.